The van der Waals surface area contributed by atoms with E-state index in [9.17, 15) is 4.79 Å². The number of halogens is 1. The first-order valence-electron chi connectivity index (χ1n) is 6.69. The Morgan fingerprint density at radius 3 is 2.90 bits per heavy atom. The van der Waals surface area contributed by atoms with E-state index < -0.39 is 5.54 Å². The second-order valence-electron chi connectivity index (χ2n) is 5.21. The number of H-pyrrole nitrogens is 1. The van der Waals surface area contributed by atoms with Crippen molar-refractivity contribution < 1.29 is 9.90 Å². The van der Waals surface area contributed by atoms with Crippen LogP contribution in [0.2, 0.25) is 0 Å². The van der Waals surface area contributed by atoms with Crippen molar-refractivity contribution in [2.24, 2.45) is 0 Å². The van der Waals surface area contributed by atoms with Crippen LogP contribution in [0.3, 0.4) is 0 Å². The number of aliphatic hydroxyl groups excluding tert-OH is 1. The molecule has 3 N–H and O–H groups in total. The van der Waals surface area contributed by atoms with Crippen LogP contribution in [0.25, 0.3) is 10.9 Å². The zero-order valence-electron chi connectivity index (χ0n) is 11.7. The molecular formula is C15H19BrN2O2. The average molecular weight is 339 g/mol. The van der Waals surface area contributed by atoms with E-state index in [-0.39, 0.29) is 12.5 Å². The quantitative estimate of drug-likeness (QED) is 0.783. The Bertz CT molecular complexity index is 623. The molecule has 0 spiro atoms. The molecule has 0 saturated carbocycles. The van der Waals surface area contributed by atoms with Crippen LogP contribution in [0.4, 0.5) is 0 Å². The summed E-state index contributed by atoms with van der Waals surface area (Å²) in [7, 11) is 0. The number of fused-ring (bicyclic) bond motifs is 1. The molecule has 0 radical (unpaired) electrons. The van der Waals surface area contributed by atoms with Gasteiger partial charge in [0.15, 0.2) is 0 Å². The molecule has 1 heterocycles. The van der Waals surface area contributed by atoms with Gasteiger partial charge in [-0.05, 0) is 31.9 Å². The number of rotatable bonds is 5. The zero-order chi connectivity index (χ0) is 14.8. The highest BCUT2D eigenvalue weighted by molar-refractivity contribution is 9.10. The highest BCUT2D eigenvalue weighted by Crippen LogP contribution is 2.27. The summed E-state index contributed by atoms with van der Waals surface area (Å²) >= 11 is 3.48. The fraction of sp³-hybridized carbons (Fsp3) is 0.400. The predicted molar refractivity (Wildman–Crippen MR) is 83.9 cm³/mol. The van der Waals surface area contributed by atoms with Crippen LogP contribution >= 0.6 is 15.9 Å². The van der Waals surface area contributed by atoms with Crippen LogP contribution in [0.1, 0.15) is 37.0 Å². The van der Waals surface area contributed by atoms with Gasteiger partial charge in [-0.2, -0.15) is 0 Å². The average Bonchev–Trinajstić information content (AvgIpc) is 2.84. The number of hydrogen-bond acceptors (Lipinski definition) is 2. The molecule has 0 aliphatic rings. The van der Waals surface area contributed by atoms with Crippen LogP contribution in [0.15, 0.2) is 28.9 Å². The van der Waals surface area contributed by atoms with Gasteiger partial charge in [0, 0.05) is 33.7 Å². The molecule has 0 saturated heterocycles. The van der Waals surface area contributed by atoms with Gasteiger partial charge in [0.05, 0.1) is 5.56 Å². The number of amides is 1. The standard InChI is InChI=1S/C15H19BrN2O2/c1-3-15(2,7-8-19)18-14(20)10-9-17-12-6-4-5-11(16)13(10)12/h4-6,9,17,19H,3,7-8H2,1-2H3,(H,18,20). The molecule has 4 nitrogen and oxygen atoms in total. The first-order chi connectivity index (χ1) is 9.50. The SMILES string of the molecule is CCC(C)(CCO)NC(=O)c1c[nH]c2cccc(Br)c12. The molecule has 1 unspecified atom stereocenters. The number of carbonyl (C=O) groups excluding carboxylic acids is 1. The van der Waals surface area contributed by atoms with Crippen LogP contribution in [-0.2, 0) is 0 Å². The highest BCUT2D eigenvalue weighted by Gasteiger charge is 2.25. The van der Waals surface area contributed by atoms with Crippen molar-refractivity contribution in [2.75, 3.05) is 6.61 Å². The largest absolute Gasteiger partial charge is 0.396 e. The number of benzene rings is 1. The van der Waals surface area contributed by atoms with E-state index in [0.29, 0.717) is 12.0 Å². The van der Waals surface area contributed by atoms with Gasteiger partial charge >= 0.3 is 0 Å². The van der Waals surface area contributed by atoms with Crippen LogP contribution in [0, 0.1) is 0 Å². The minimum Gasteiger partial charge on any atom is -0.396 e. The van der Waals surface area contributed by atoms with Crippen molar-refractivity contribution >= 4 is 32.7 Å². The van der Waals surface area contributed by atoms with Gasteiger partial charge in [-0.3, -0.25) is 4.79 Å². The lowest BCUT2D eigenvalue weighted by molar-refractivity contribution is 0.0888. The molecule has 5 heteroatoms. The van der Waals surface area contributed by atoms with E-state index in [2.05, 4.69) is 26.2 Å². The first kappa shape index (κ1) is 15.1. The third-order valence-electron chi connectivity index (χ3n) is 3.76. The normalized spacial score (nSPS) is 14.2. The zero-order valence-corrected chi connectivity index (χ0v) is 13.3. The summed E-state index contributed by atoms with van der Waals surface area (Å²) in [5.41, 5.74) is 1.14. The molecule has 1 amide bonds. The number of hydrogen-bond donors (Lipinski definition) is 3. The number of carbonyl (C=O) groups is 1. The molecule has 1 aromatic heterocycles. The van der Waals surface area contributed by atoms with Crippen molar-refractivity contribution in [2.45, 2.75) is 32.2 Å². The fourth-order valence-electron chi connectivity index (χ4n) is 2.24. The number of aromatic nitrogens is 1. The molecule has 1 aromatic carbocycles. The van der Waals surface area contributed by atoms with Gasteiger partial charge in [0.2, 0.25) is 0 Å². The van der Waals surface area contributed by atoms with Gasteiger partial charge in [0.25, 0.3) is 5.91 Å². The Morgan fingerprint density at radius 1 is 1.50 bits per heavy atom. The van der Waals surface area contributed by atoms with Gasteiger partial charge in [-0.25, -0.2) is 0 Å². The molecule has 0 aliphatic carbocycles. The smallest absolute Gasteiger partial charge is 0.253 e. The molecule has 0 aliphatic heterocycles. The first-order valence-corrected chi connectivity index (χ1v) is 7.49. The monoisotopic (exact) mass is 338 g/mol. The molecule has 20 heavy (non-hydrogen) atoms. The van der Waals surface area contributed by atoms with E-state index >= 15 is 0 Å². The summed E-state index contributed by atoms with van der Waals surface area (Å²) in [6, 6.07) is 5.77. The van der Waals surface area contributed by atoms with Crippen molar-refractivity contribution in [3.63, 3.8) is 0 Å². The van der Waals surface area contributed by atoms with Crippen molar-refractivity contribution in [3.05, 3.63) is 34.4 Å². The van der Waals surface area contributed by atoms with Crippen LogP contribution in [-0.4, -0.2) is 28.1 Å². The lowest BCUT2D eigenvalue weighted by Crippen LogP contribution is -2.46. The van der Waals surface area contributed by atoms with Gasteiger partial charge in [0.1, 0.15) is 0 Å². The van der Waals surface area contributed by atoms with Gasteiger partial charge in [-0.15, -0.1) is 0 Å². The van der Waals surface area contributed by atoms with E-state index in [1.54, 1.807) is 6.20 Å². The summed E-state index contributed by atoms with van der Waals surface area (Å²) in [5, 5.41) is 13.0. The lowest BCUT2D eigenvalue weighted by atomic mass is 9.94. The van der Waals surface area contributed by atoms with Gasteiger partial charge < -0.3 is 15.4 Å². The van der Waals surface area contributed by atoms with Crippen molar-refractivity contribution in [3.8, 4) is 0 Å². The fourth-order valence-corrected chi connectivity index (χ4v) is 2.81. The molecule has 1 atom stereocenters. The number of aliphatic hydroxyl groups is 1. The second kappa shape index (κ2) is 5.97. The molecule has 0 fully saturated rings. The van der Waals surface area contributed by atoms with E-state index in [1.807, 2.05) is 32.0 Å². The molecule has 0 bridgehead atoms. The van der Waals surface area contributed by atoms with Crippen LogP contribution < -0.4 is 5.32 Å². The summed E-state index contributed by atoms with van der Waals surface area (Å²) in [5.74, 6) is -0.124. The second-order valence-corrected chi connectivity index (χ2v) is 6.06. The highest BCUT2D eigenvalue weighted by atomic mass is 79.9. The third-order valence-corrected chi connectivity index (χ3v) is 4.42. The van der Waals surface area contributed by atoms with Crippen molar-refractivity contribution in [1.29, 1.82) is 0 Å². The Labute approximate surface area is 126 Å². The maximum Gasteiger partial charge on any atom is 0.253 e. The Morgan fingerprint density at radius 2 is 2.25 bits per heavy atom. The van der Waals surface area contributed by atoms with Crippen LogP contribution in [0.5, 0.6) is 0 Å². The molecule has 2 aromatic rings. The van der Waals surface area contributed by atoms with Crippen molar-refractivity contribution in [1.82, 2.24) is 10.3 Å². The van der Waals surface area contributed by atoms with E-state index in [4.69, 9.17) is 5.11 Å². The number of aromatic amines is 1. The summed E-state index contributed by atoms with van der Waals surface area (Å²) in [6.07, 6.45) is 3.03. The molecule has 2 rings (SSSR count). The summed E-state index contributed by atoms with van der Waals surface area (Å²) in [6.45, 7) is 4.01. The number of nitrogens with one attached hydrogen (secondary N) is 2. The Hall–Kier alpha value is -1.33. The molecular weight excluding hydrogens is 320 g/mol. The van der Waals surface area contributed by atoms with E-state index in [1.165, 1.54) is 0 Å². The van der Waals surface area contributed by atoms with E-state index in [0.717, 1.165) is 21.8 Å². The topological polar surface area (TPSA) is 65.1 Å². The minimum absolute atomic E-state index is 0.0577. The minimum atomic E-state index is -0.392. The maximum absolute atomic E-state index is 12.5. The molecule has 108 valence electrons. The summed E-state index contributed by atoms with van der Waals surface area (Å²) < 4.78 is 0.891. The van der Waals surface area contributed by atoms with Gasteiger partial charge in [-0.1, -0.05) is 28.9 Å². The third kappa shape index (κ3) is 2.88. The maximum atomic E-state index is 12.5. The Kier molecular flexibility index (Phi) is 4.50. The Balaban J connectivity index is 2.32. The predicted octanol–water partition coefficient (Wildman–Crippen LogP) is 3.21. The summed E-state index contributed by atoms with van der Waals surface area (Å²) in [4.78, 5) is 15.6. The lowest BCUT2D eigenvalue weighted by Gasteiger charge is -2.28.